The number of aromatic nitrogens is 1. The third kappa shape index (κ3) is 3.54. The van der Waals surface area contributed by atoms with Crippen molar-refractivity contribution in [2.45, 2.75) is 18.9 Å². The van der Waals surface area contributed by atoms with Crippen molar-refractivity contribution in [3.05, 3.63) is 52.6 Å². The van der Waals surface area contributed by atoms with Gasteiger partial charge in [-0.3, -0.25) is 4.79 Å². The van der Waals surface area contributed by atoms with Crippen molar-refractivity contribution >= 4 is 21.8 Å². The molecule has 2 aromatic rings. The number of benzene rings is 1. The Morgan fingerprint density at radius 1 is 1.35 bits per heavy atom. The molecule has 1 fully saturated rings. The first kappa shape index (κ1) is 16.0. The van der Waals surface area contributed by atoms with Crippen LogP contribution in [0.15, 0.2) is 47.1 Å². The van der Waals surface area contributed by atoms with Gasteiger partial charge in [0.1, 0.15) is 5.75 Å². The summed E-state index contributed by atoms with van der Waals surface area (Å²) < 4.78 is 6.56. The highest BCUT2D eigenvalue weighted by molar-refractivity contribution is 9.10. The molecule has 5 nitrogen and oxygen atoms in total. The van der Waals surface area contributed by atoms with Crippen molar-refractivity contribution in [2.75, 3.05) is 13.1 Å². The van der Waals surface area contributed by atoms with Gasteiger partial charge in [-0.05, 0) is 47.0 Å². The largest absolute Gasteiger partial charge is 0.438 e. The Morgan fingerprint density at radius 2 is 2.17 bits per heavy atom. The summed E-state index contributed by atoms with van der Waals surface area (Å²) in [6, 6.07) is 11.1. The van der Waals surface area contributed by atoms with E-state index in [4.69, 9.17) is 10.5 Å². The van der Waals surface area contributed by atoms with E-state index in [9.17, 15) is 4.79 Å². The molecule has 6 heteroatoms. The van der Waals surface area contributed by atoms with Gasteiger partial charge < -0.3 is 15.4 Å². The SMILES string of the molecule is NC[C@H]1CCCN1C(=O)c1ccc(Oc2ccccc2Br)nc1. The lowest BCUT2D eigenvalue weighted by Crippen LogP contribution is -2.39. The second kappa shape index (κ2) is 7.10. The van der Waals surface area contributed by atoms with Gasteiger partial charge in [-0.2, -0.15) is 0 Å². The Hall–Kier alpha value is -1.92. The van der Waals surface area contributed by atoms with Gasteiger partial charge in [0.15, 0.2) is 0 Å². The lowest BCUT2D eigenvalue weighted by atomic mass is 10.2. The van der Waals surface area contributed by atoms with Crippen molar-refractivity contribution in [3.63, 3.8) is 0 Å². The number of para-hydroxylation sites is 1. The number of nitrogens with zero attached hydrogens (tertiary/aromatic N) is 2. The molecule has 23 heavy (non-hydrogen) atoms. The molecule has 0 unspecified atom stereocenters. The summed E-state index contributed by atoms with van der Waals surface area (Å²) in [5.41, 5.74) is 6.29. The number of rotatable bonds is 4. The van der Waals surface area contributed by atoms with Gasteiger partial charge in [0, 0.05) is 31.4 Å². The van der Waals surface area contributed by atoms with Crippen molar-refractivity contribution in [2.24, 2.45) is 5.73 Å². The van der Waals surface area contributed by atoms with Gasteiger partial charge in [0.25, 0.3) is 5.91 Å². The summed E-state index contributed by atoms with van der Waals surface area (Å²) in [6.07, 6.45) is 3.53. The van der Waals surface area contributed by atoms with Crippen molar-refractivity contribution < 1.29 is 9.53 Å². The zero-order valence-corrected chi connectivity index (χ0v) is 14.2. The van der Waals surface area contributed by atoms with Crippen LogP contribution >= 0.6 is 15.9 Å². The Bertz CT molecular complexity index is 690. The van der Waals surface area contributed by atoms with Crippen molar-refractivity contribution in [1.82, 2.24) is 9.88 Å². The highest BCUT2D eigenvalue weighted by Gasteiger charge is 2.28. The lowest BCUT2D eigenvalue weighted by Gasteiger charge is -2.23. The Morgan fingerprint density at radius 3 is 2.87 bits per heavy atom. The molecule has 0 spiro atoms. The standard InChI is InChI=1S/C17H18BrN3O2/c18-14-5-1-2-6-15(14)23-16-8-7-12(11-20-16)17(22)21-9-3-4-13(21)10-19/h1-2,5-8,11,13H,3-4,9-10,19H2/t13-/m1/s1. The van der Waals surface area contributed by atoms with E-state index >= 15 is 0 Å². The fourth-order valence-electron chi connectivity index (χ4n) is 2.72. The van der Waals surface area contributed by atoms with E-state index in [1.54, 1.807) is 18.3 Å². The minimum atomic E-state index is -0.0158. The molecule has 2 heterocycles. The summed E-state index contributed by atoms with van der Waals surface area (Å²) in [5.74, 6) is 1.12. The Balaban J connectivity index is 1.72. The van der Waals surface area contributed by atoms with Gasteiger partial charge in [-0.1, -0.05) is 12.1 Å². The van der Waals surface area contributed by atoms with Gasteiger partial charge in [-0.25, -0.2) is 4.98 Å². The first-order chi connectivity index (χ1) is 11.2. The van der Waals surface area contributed by atoms with Crippen LogP contribution in [0.3, 0.4) is 0 Å². The van der Waals surface area contributed by atoms with Crippen molar-refractivity contribution in [3.8, 4) is 11.6 Å². The molecule has 1 aliphatic heterocycles. The smallest absolute Gasteiger partial charge is 0.255 e. The van der Waals surface area contributed by atoms with E-state index in [0.29, 0.717) is 23.7 Å². The predicted molar refractivity (Wildman–Crippen MR) is 91.6 cm³/mol. The van der Waals surface area contributed by atoms with Crippen LogP contribution in [-0.4, -0.2) is 34.9 Å². The summed E-state index contributed by atoms with van der Waals surface area (Å²) in [7, 11) is 0. The molecule has 1 atom stereocenters. The molecular formula is C17H18BrN3O2. The second-order valence-electron chi connectivity index (χ2n) is 5.45. The minimum Gasteiger partial charge on any atom is -0.438 e. The van der Waals surface area contributed by atoms with Crippen LogP contribution in [0.5, 0.6) is 11.6 Å². The molecule has 1 aliphatic rings. The maximum Gasteiger partial charge on any atom is 0.255 e. The van der Waals surface area contributed by atoms with E-state index in [1.165, 1.54) is 0 Å². The van der Waals surface area contributed by atoms with Gasteiger partial charge in [-0.15, -0.1) is 0 Å². The molecule has 2 N–H and O–H groups in total. The van der Waals surface area contributed by atoms with E-state index in [0.717, 1.165) is 23.9 Å². The molecule has 0 saturated carbocycles. The molecule has 1 saturated heterocycles. The van der Waals surface area contributed by atoms with Crippen LogP contribution in [0.4, 0.5) is 0 Å². The number of hydrogen-bond acceptors (Lipinski definition) is 4. The summed E-state index contributed by atoms with van der Waals surface area (Å²) >= 11 is 3.43. The highest BCUT2D eigenvalue weighted by atomic mass is 79.9. The fraction of sp³-hybridized carbons (Fsp3) is 0.294. The monoisotopic (exact) mass is 375 g/mol. The number of halogens is 1. The maximum atomic E-state index is 12.5. The highest BCUT2D eigenvalue weighted by Crippen LogP contribution is 2.28. The molecule has 3 rings (SSSR count). The molecular weight excluding hydrogens is 358 g/mol. The third-order valence-electron chi connectivity index (χ3n) is 3.94. The Labute approximate surface area is 143 Å². The molecule has 1 aromatic carbocycles. The molecule has 0 radical (unpaired) electrons. The van der Waals surface area contributed by atoms with Gasteiger partial charge >= 0.3 is 0 Å². The molecule has 0 aliphatic carbocycles. The van der Waals surface area contributed by atoms with E-state index in [2.05, 4.69) is 20.9 Å². The van der Waals surface area contributed by atoms with Crippen LogP contribution < -0.4 is 10.5 Å². The van der Waals surface area contributed by atoms with Crippen LogP contribution in [0.1, 0.15) is 23.2 Å². The number of hydrogen-bond donors (Lipinski definition) is 1. The first-order valence-corrected chi connectivity index (χ1v) is 8.38. The number of carbonyl (C=O) groups excluding carboxylic acids is 1. The van der Waals surface area contributed by atoms with E-state index in [1.807, 2.05) is 29.2 Å². The normalized spacial score (nSPS) is 17.3. The van der Waals surface area contributed by atoms with Crippen LogP contribution in [-0.2, 0) is 0 Å². The predicted octanol–water partition coefficient (Wildman–Crippen LogP) is 3.20. The number of amides is 1. The molecule has 120 valence electrons. The number of nitrogens with two attached hydrogens (primary N) is 1. The lowest BCUT2D eigenvalue weighted by molar-refractivity contribution is 0.0740. The summed E-state index contributed by atoms with van der Waals surface area (Å²) in [5, 5.41) is 0. The molecule has 1 amide bonds. The number of pyridine rings is 1. The number of ether oxygens (including phenoxy) is 1. The first-order valence-electron chi connectivity index (χ1n) is 7.58. The zero-order chi connectivity index (χ0) is 16.2. The minimum absolute atomic E-state index is 0.0158. The van der Waals surface area contributed by atoms with Crippen LogP contribution in [0, 0.1) is 0 Å². The number of likely N-dealkylation sites (tertiary alicyclic amines) is 1. The third-order valence-corrected chi connectivity index (χ3v) is 4.60. The van der Waals surface area contributed by atoms with E-state index < -0.39 is 0 Å². The Kier molecular flexibility index (Phi) is 4.93. The van der Waals surface area contributed by atoms with Crippen molar-refractivity contribution in [1.29, 1.82) is 0 Å². The zero-order valence-electron chi connectivity index (χ0n) is 12.6. The van der Waals surface area contributed by atoms with Gasteiger partial charge in [0.05, 0.1) is 10.0 Å². The topological polar surface area (TPSA) is 68.5 Å². The van der Waals surface area contributed by atoms with Gasteiger partial charge in [0.2, 0.25) is 5.88 Å². The average Bonchev–Trinajstić information content (AvgIpc) is 3.05. The summed E-state index contributed by atoms with van der Waals surface area (Å²) in [4.78, 5) is 18.6. The van der Waals surface area contributed by atoms with Crippen LogP contribution in [0.2, 0.25) is 0 Å². The average molecular weight is 376 g/mol. The molecule has 1 aromatic heterocycles. The maximum absolute atomic E-state index is 12.5. The second-order valence-corrected chi connectivity index (χ2v) is 6.30. The van der Waals surface area contributed by atoms with E-state index in [-0.39, 0.29) is 11.9 Å². The number of carbonyl (C=O) groups is 1. The fourth-order valence-corrected chi connectivity index (χ4v) is 3.09. The summed E-state index contributed by atoms with van der Waals surface area (Å²) in [6.45, 7) is 1.26. The molecule has 0 bridgehead atoms. The van der Waals surface area contributed by atoms with Crippen LogP contribution in [0.25, 0.3) is 0 Å². The quantitative estimate of drug-likeness (QED) is 0.890.